The van der Waals surface area contributed by atoms with Gasteiger partial charge >= 0.3 is 0 Å². The van der Waals surface area contributed by atoms with E-state index in [1.165, 1.54) is 0 Å². The second-order valence-electron chi connectivity index (χ2n) is 5.83. The van der Waals surface area contributed by atoms with Crippen molar-refractivity contribution in [2.24, 2.45) is 0 Å². The van der Waals surface area contributed by atoms with Gasteiger partial charge in [-0.2, -0.15) is 0 Å². The molecule has 1 aromatic carbocycles. The van der Waals surface area contributed by atoms with Crippen molar-refractivity contribution in [2.45, 2.75) is 12.5 Å². The normalized spacial score (nSPS) is 18.5. The molecule has 0 aliphatic carbocycles. The molecule has 1 aliphatic heterocycles. The van der Waals surface area contributed by atoms with Gasteiger partial charge < -0.3 is 15.4 Å². The number of ketones is 1. The van der Waals surface area contributed by atoms with Crippen molar-refractivity contribution >= 4 is 16.7 Å². The maximum absolute atomic E-state index is 12.9. The van der Waals surface area contributed by atoms with Crippen molar-refractivity contribution in [1.29, 1.82) is 0 Å². The Kier molecular flexibility index (Phi) is 3.44. The largest absolute Gasteiger partial charge is 0.387 e. The fourth-order valence-electron chi connectivity index (χ4n) is 3.13. The summed E-state index contributed by atoms with van der Waals surface area (Å²) in [6, 6.07) is 9.67. The first-order valence-corrected chi connectivity index (χ1v) is 7.72. The molecule has 0 saturated carbocycles. The quantitative estimate of drug-likeness (QED) is 0.593. The van der Waals surface area contributed by atoms with E-state index in [-0.39, 0.29) is 5.78 Å². The zero-order valence-electron chi connectivity index (χ0n) is 12.5. The van der Waals surface area contributed by atoms with Gasteiger partial charge in [0.15, 0.2) is 0 Å². The molecule has 3 heterocycles. The van der Waals surface area contributed by atoms with Crippen LogP contribution in [0.2, 0.25) is 0 Å². The summed E-state index contributed by atoms with van der Waals surface area (Å²) < 4.78 is 0. The molecule has 2 bridgehead atoms. The van der Waals surface area contributed by atoms with Crippen LogP contribution in [0, 0.1) is 0 Å². The molecular weight excluding hydrogens is 290 g/mol. The first-order chi connectivity index (χ1) is 11.2. The number of aromatic nitrogens is 2. The van der Waals surface area contributed by atoms with Gasteiger partial charge in [-0.1, -0.05) is 18.2 Å². The van der Waals surface area contributed by atoms with E-state index < -0.39 is 6.10 Å². The van der Waals surface area contributed by atoms with Crippen molar-refractivity contribution < 1.29 is 9.90 Å². The lowest BCUT2D eigenvalue weighted by molar-refractivity contribution is 0.103. The third kappa shape index (κ3) is 2.44. The Labute approximate surface area is 133 Å². The number of benzene rings is 1. The van der Waals surface area contributed by atoms with E-state index in [4.69, 9.17) is 0 Å². The topological polar surface area (TPSA) is 78.0 Å². The fourth-order valence-corrected chi connectivity index (χ4v) is 3.13. The molecular formula is C18H17N3O2. The van der Waals surface area contributed by atoms with Gasteiger partial charge in [0.25, 0.3) is 0 Å². The number of fused-ring (bicyclic) bond motifs is 5. The van der Waals surface area contributed by atoms with Crippen molar-refractivity contribution in [3.8, 4) is 0 Å². The van der Waals surface area contributed by atoms with Gasteiger partial charge in [-0.25, -0.2) is 0 Å². The summed E-state index contributed by atoms with van der Waals surface area (Å²) in [5.74, 6) is -0.0837. The number of carbonyl (C=O) groups excluding carboxylic acids is 1. The van der Waals surface area contributed by atoms with Gasteiger partial charge in [0, 0.05) is 41.0 Å². The molecule has 23 heavy (non-hydrogen) atoms. The molecule has 2 aromatic heterocycles. The van der Waals surface area contributed by atoms with Gasteiger partial charge in [0.2, 0.25) is 5.78 Å². The number of nitrogens with zero attached hydrogens (tertiary/aromatic N) is 1. The van der Waals surface area contributed by atoms with Gasteiger partial charge in [0.1, 0.15) is 0 Å². The summed E-state index contributed by atoms with van der Waals surface area (Å²) in [5.41, 5.74) is 3.74. The van der Waals surface area contributed by atoms with Crippen LogP contribution in [0.4, 0.5) is 0 Å². The highest BCUT2D eigenvalue weighted by atomic mass is 16.3. The number of nitrogens with one attached hydrogen (secondary N) is 2. The number of carbonyl (C=O) groups is 1. The highest BCUT2D eigenvalue weighted by molar-refractivity contribution is 6.11. The Balaban J connectivity index is 1.91. The van der Waals surface area contributed by atoms with Gasteiger partial charge in [-0.3, -0.25) is 9.78 Å². The van der Waals surface area contributed by atoms with E-state index in [1.807, 2.05) is 24.3 Å². The van der Waals surface area contributed by atoms with E-state index in [0.29, 0.717) is 29.9 Å². The number of β-amino-alcohol motifs (C(OH)–C–C–N with tert-alkyl or cyclic N) is 1. The molecule has 0 saturated heterocycles. The zero-order chi connectivity index (χ0) is 15.8. The number of H-pyrrole nitrogens is 1. The van der Waals surface area contributed by atoms with E-state index >= 15 is 0 Å². The van der Waals surface area contributed by atoms with Crippen LogP contribution in [0.5, 0.6) is 0 Å². The van der Waals surface area contributed by atoms with Crippen LogP contribution in [0.25, 0.3) is 10.9 Å². The maximum atomic E-state index is 12.9. The van der Waals surface area contributed by atoms with Crippen LogP contribution in [-0.2, 0) is 6.42 Å². The maximum Gasteiger partial charge on any atom is 0.211 e. The Morgan fingerprint density at radius 3 is 3.00 bits per heavy atom. The van der Waals surface area contributed by atoms with Crippen LogP contribution in [0.3, 0.4) is 0 Å². The van der Waals surface area contributed by atoms with E-state index in [1.54, 1.807) is 18.5 Å². The molecule has 5 heteroatoms. The second kappa shape index (κ2) is 5.61. The van der Waals surface area contributed by atoms with Crippen LogP contribution < -0.4 is 5.32 Å². The summed E-state index contributed by atoms with van der Waals surface area (Å²) in [6.45, 7) is 1.14. The lowest BCUT2D eigenvalue weighted by Gasteiger charge is -2.11. The minimum absolute atomic E-state index is 0.0837. The standard InChI is InChI=1S/C18H17N3O2/c22-16-10-19-6-5-14-13-3-1-2-4-15(13)21-17(14)18(23)12-7-11(16)8-20-9-12/h1-4,7-9,16,19,21-22H,5-6,10H2. The number of hydrogen-bond donors (Lipinski definition) is 3. The number of para-hydroxylation sites is 1. The predicted octanol–water partition coefficient (Wildman–Crippen LogP) is 1.97. The Hall–Kier alpha value is -2.50. The van der Waals surface area contributed by atoms with E-state index in [0.717, 1.165) is 22.9 Å². The molecule has 3 aromatic rings. The summed E-state index contributed by atoms with van der Waals surface area (Å²) in [5, 5.41) is 14.5. The van der Waals surface area contributed by atoms with Crippen molar-refractivity contribution in [1.82, 2.24) is 15.3 Å². The van der Waals surface area contributed by atoms with Crippen molar-refractivity contribution in [3.05, 3.63) is 65.1 Å². The molecule has 1 aliphatic rings. The highest BCUT2D eigenvalue weighted by Gasteiger charge is 2.21. The van der Waals surface area contributed by atoms with Gasteiger partial charge in [-0.15, -0.1) is 0 Å². The lowest BCUT2D eigenvalue weighted by Crippen LogP contribution is -2.23. The van der Waals surface area contributed by atoms with E-state index in [2.05, 4.69) is 15.3 Å². The molecule has 1 atom stereocenters. The van der Waals surface area contributed by atoms with Crippen LogP contribution >= 0.6 is 0 Å². The van der Waals surface area contributed by atoms with Crippen molar-refractivity contribution in [3.63, 3.8) is 0 Å². The summed E-state index contributed by atoms with van der Waals surface area (Å²) in [7, 11) is 0. The first kappa shape index (κ1) is 14.1. The zero-order valence-corrected chi connectivity index (χ0v) is 12.5. The smallest absolute Gasteiger partial charge is 0.211 e. The number of pyridine rings is 1. The molecule has 0 radical (unpaired) electrons. The van der Waals surface area contributed by atoms with Crippen LogP contribution in [0.1, 0.15) is 33.3 Å². The summed E-state index contributed by atoms with van der Waals surface area (Å²) >= 11 is 0. The predicted molar refractivity (Wildman–Crippen MR) is 87.5 cm³/mol. The average molecular weight is 307 g/mol. The monoisotopic (exact) mass is 307 g/mol. The summed E-state index contributed by atoms with van der Waals surface area (Å²) in [4.78, 5) is 20.3. The molecule has 0 fully saturated rings. The van der Waals surface area contributed by atoms with Gasteiger partial charge in [-0.05, 0) is 30.7 Å². The first-order valence-electron chi connectivity index (χ1n) is 7.72. The molecule has 4 rings (SSSR count). The number of aliphatic hydroxyl groups is 1. The minimum Gasteiger partial charge on any atom is -0.387 e. The molecule has 0 spiro atoms. The van der Waals surface area contributed by atoms with E-state index in [9.17, 15) is 9.90 Å². The Bertz CT molecular complexity index is 885. The molecule has 116 valence electrons. The highest BCUT2D eigenvalue weighted by Crippen LogP contribution is 2.26. The number of aromatic amines is 1. The fraction of sp³-hybridized carbons (Fsp3) is 0.222. The Morgan fingerprint density at radius 1 is 1.22 bits per heavy atom. The third-order valence-corrected chi connectivity index (χ3v) is 4.34. The minimum atomic E-state index is -0.663. The number of aliphatic hydroxyl groups excluding tert-OH is 1. The van der Waals surface area contributed by atoms with Crippen LogP contribution in [0.15, 0.2) is 42.7 Å². The molecule has 3 N–H and O–H groups in total. The molecule has 5 nitrogen and oxygen atoms in total. The number of rotatable bonds is 0. The summed E-state index contributed by atoms with van der Waals surface area (Å²) in [6.07, 6.45) is 3.22. The van der Waals surface area contributed by atoms with Crippen LogP contribution in [-0.4, -0.2) is 33.9 Å². The molecule has 1 unspecified atom stereocenters. The lowest BCUT2D eigenvalue weighted by atomic mass is 10.0. The number of hydrogen-bond acceptors (Lipinski definition) is 4. The second-order valence-corrected chi connectivity index (χ2v) is 5.83. The van der Waals surface area contributed by atoms with Crippen molar-refractivity contribution in [2.75, 3.05) is 13.1 Å². The molecule has 0 amide bonds. The SMILES string of the molecule is O=C1c2cncc(c2)C(O)CNCCc2c1[nH]c1ccccc21. The third-order valence-electron chi connectivity index (χ3n) is 4.34. The Morgan fingerprint density at radius 2 is 2.09 bits per heavy atom. The average Bonchev–Trinajstić information content (AvgIpc) is 2.95. The van der Waals surface area contributed by atoms with Gasteiger partial charge in [0.05, 0.1) is 11.8 Å².